The van der Waals surface area contributed by atoms with Crippen molar-refractivity contribution in [2.24, 2.45) is 0 Å². The number of hydrogen-bond acceptors (Lipinski definition) is 4. The quantitative estimate of drug-likeness (QED) is 0.504. The number of carbonyl (C=O) groups excluding carboxylic acids is 1. The molecule has 0 unspecified atom stereocenters. The van der Waals surface area contributed by atoms with E-state index in [4.69, 9.17) is 23.2 Å². The van der Waals surface area contributed by atoms with E-state index in [0.717, 1.165) is 6.07 Å². The predicted octanol–water partition coefficient (Wildman–Crippen LogP) is 3.48. The predicted molar refractivity (Wildman–Crippen MR) is 84.9 cm³/mol. The van der Waals surface area contributed by atoms with E-state index in [-0.39, 0.29) is 62.3 Å². The molecule has 0 atom stereocenters. The van der Waals surface area contributed by atoms with Crippen LogP contribution in [0.3, 0.4) is 0 Å². The maximum absolute atomic E-state index is 12.0. The fourth-order valence-electron chi connectivity index (χ4n) is 1.60. The monoisotopic (exact) mass is 349 g/mol. The minimum Gasteiger partial charge on any atom is -0.507 e. The van der Waals surface area contributed by atoms with Crippen molar-refractivity contribution in [2.45, 2.75) is 0 Å². The number of phenolic OH excluding ortho intramolecular Hbond substituents is 1. The third kappa shape index (κ3) is 4.34. The Morgan fingerprint density at radius 1 is 1.18 bits per heavy atom. The van der Waals surface area contributed by atoms with Gasteiger partial charge in [-0.3, -0.25) is 14.9 Å². The number of nitrogens with one attached hydrogen (secondary N) is 1. The van der Waals surface area contributed by atoms with Crippen LogP contribution in [-0.4, -0.2) is 45.5 Å². The number of phenols is 1. The second-order valence-electron chi connectivity index (χ2n) is 4.04. The van der Waals surface area contributed by atoms with E-state index < -0.39 is 10.8 Å². The molecule has 0 aromatic heterocycles. The molecule has 0 fully saturated rings. The van der Waals surface area contributed by atoms with Crippen LogP contribution in [0.1, 0.15) is 10.4 Å². The molecule has 0 aliphatic carbocycles. The molecule has 1 amide bonds. The Kier molecular flexibility index (Phi) is 6.65. The molecule has 2 aromatic rings. The van der Waals surface area contributed by atoms with E-state index in [0.29, 0.717) is 0 Å². The van der Waals surface area contributed by atoms with Gasteiger partial charge in [0, 0.05) is 46.7 Å². The van der Waals surface area contributed by atoms with Gasteiger partial charge in [0.2, 0.25) is 0 Å². The topological polar surface area (TPSA) is 92.5 Å². The first-order valence-electron chi connectivity index (χ1n) is 5.62. The Hall–Kier alpha value is -1.31. The van der Waals surface area contributed by atoms with Crippen molar-refractivity contribution < 1.29 is 14.8 Å². The zero-order valence-electron chi connectivity index (χ0n) is 11.3. The molecule has 0 aliphatic rings. The normalized spacial score (nSPS) is 9.73. The summed E-state index contributed by atoms with van der Waals surface area (Å²) in [5.74, 6) is -0.874. The third-order valence-electron chi connectivity index (χ3n) is 2.61. The van der Waals surface area contributed by atoms with Gasteiger partial charge in [-0.05, 0) is 24.3 Å². The van der Waals surface area contributed by atoms with Crippen molar-refractivity contribution in [3.63, 3.8) is 0 Å². The Balaban J connectivity index is 0.00000242. The summed E-state index contributed by atoms with van der Waals surface area (Å²) < 4.78 is 0. The van der Waals surface area contributed by atoms with E-state index in [1.165, 1.54) is 30.3 Å². The number of benzene rings is 2. The number of halogens is 2. The molecular formula is C13H8Cl2N2NaO4. The van der Waals surface area contributed by atoms with E-state index in [2.05, 4.69) is 5.32 Å². The number of rotatable bonds is 3. The SMILES string of the molecule is O=C(Nc1ccc([N+](=O)[O-])cc1Cl)c1cc(Cl)ccc1O.[Na]. The van der Waals surface area contributed by atoms with Gasteiger partial charge >= 0.3 is 0 Å². The van der Waals surface area contributed by atoms with Crippen LogP contribution in [0.25, 0.3) is 0 Å². The Morgan fingerprint density at radius 3 is 2.45 bits per heavy atom. The van der Waals surface area contributed by atoms with Gasteiger partial charge in [0.1, 0.15) is 5.75 Å². The summed E-state index contributed by atoms with van der Waals surface area (Å²) in [5, 5.41) is 23.0. The van der Waals surface area contributed by atoms with Gasteiger partial charge in [0.05, 0.1) is 21.2 Å². The molecule has 0 aliphatic heterocycles. The van der Waals surface area contributed by atoms with Crippen LogP contribution in [0, 0.1) is 10.1 Å². The molecule has 0 saturated carbocycles. The van der Waals surface area contributed by atoms with Gasteiger partial charge in [-0.1, -0.05) is 23.2 Å². The first-order valence-corrected chi connectivity index (χ1v) is 6.38. The minimum atomic E-state index is -0.634. The van der Waals surface area contributed by atoms with Crippen LogP contribution in [0.4, 0.5) is 11.4 Å². The van der Waals surface area contributed by atoms with Crippen LogP contribution in [0.15, 0.2) is 36.4 Å². The Morgan fingerprint density at radius 2 is 1.86 bits per heavy atom. The van der Waals surface area contributed by atoms with E-state index >= 15 is 0 Å². The molecule has 0 saturated heterocycles. The van der Waals surface area contributed by atoms with Crippen molar-refractivity contribution in [2.75, 3.05) is 5.32 Å². The van der Waals surface area contributed by atoms with Crippen molar-refractivity contribution in [1.29, 1.82) is 0 Å². The fourth-order valence-corrected chi connectivity index (χ4v) is 1.99. The summed E-state index contributed by atoms with van der Waals surface area (Å²) >= 11 is 11.6. The van der Waals surface area contributed by atoms with E-state index in [9.17, 15) is 20.0 Å². The maximum Gasteiger partial charge on any atom is 0.271 e. The van der Waals surface area contributed by atoms with Gasteiger partial charge in [0.25, 0.3) is 11.6 Å². The Bertz CT molecular complexity index is 740. The number of hydrogen-bond donors (Lipinski definition) is 2. The number of nitro groups is 1. The summed E-state index contributed by atoms with van der Waals surface area (Å²) in [7, 11) is 0. The molecule has 2 rings (SSSR count). The second kappa shape index (κ2) is 7.80. The maximum atomic E-state index is 12.0. The summed E-state index contributed by atoms with van der Waals surface area (Å²) in [6, 6.07) is 7.65. The van der Waals surface area contributed by atoms with Crippen molar-refractivity contribution in [3.05, 3.63) is 62.1 Å². The zero-order valence-corrected chi connectivity index (χ0v) is 14.9. The van der Waals surface area contributed by atoms with E-state index in [1.54, 1.807) is 0 Å². The molecule has 0 heterocycles. The number of non-ortho nitro benzene ring substituents is 1. The van der Waals surface area contributed by atoms with Gasteiger partial charge in [-0.15, -0.1) is 0 Å². The second-order valence-corrected chi connectivity index (χ2v) is 4.88. The van der Waals surface area contributed by atoms with Gasteiger partial charge < -0.3 is 10.4 Å². The molecule has 1 radical (unpaired) electrons. The smallest absolute Gasteiger partial charge is 0.271 e. The van der Waals surface area contributed by atoms with Gasteiger partial charge in [-0.2, -0.15) is 0 Å². The summed E-state index contributed by atoms with van der Waals surface area (Å²) in [4.78, 5) is 22.0. The molecule has 6 nitrogen and oxygen atoms in total. The van der Waals surface area contributed by atoms with Crippen LogP contribution in [0.5, 0.6) is 5.75 Å². The van der Waals surface area contributed by atoms with Crippen LogP contribution in [-0.2, 0) is 0 Å². The fraction of sp³-hybridized carbons (Fsp3) is 0. The molecule has 0 bridgehead atoms. The van der Waals surface area contributed by atoms with Crippen molar-refractivity contribution >= 4 is 70.0 Å². The third-order valence-corrected chi connectivity index (χ3v) is 3.16. The average molecular weight is 350 g/mol. The minimum absolute atomic E-state index is 0. The average Bonchev–Trinajstić information content (AvgIpc) is 2.43. The van der Waals surface area contributed by atoms with Crippen LogP contribution in [0.2, 0.25) is 10.0 Å². The Labute approximate surface area is 157 Å². The summed E-state index contributed by atoms with van der Waals surface area (Å²) in [6.45, 7) is 0. The van der Waals surface area contributed by atoms with Crippen LogP contribution < -0.4 is 5.32 Å². The first kappa shape index (κ1) is 18.7. The molecule has 2 aromatic carbocycles. The molecule has 22 heavy (non-hydrogen) atoms. The molecule has 0 spiro atoms. The van der Waals surface area contributed by atoms with Crippen molar-refractivity contribution in [3.8, 4) is 5.75 Å². The van der Waals surface area contributed by atoms with Gasteiger partial charge in [-0.25, -0.2) is 0 Å². The molecule has 2 N–H and O–H groups in total. The number of nitro benzene ring substituents is 1. The number of amides is 1. The molecule has 9 heteroatoms. The first-order chi connectivity index (χ1) is 9.88. The summed E-state index contributed by atoms with van der Waals surface area (Å²) in [5.41, 5.74) is -0.0350. The van der Waals surface area contributed by atoms with E-state index in [1.807, 2.05) is 0 Å². The largest absolute Gasteiger partial charge is 0.507 e. The number of nitrogens with zero attached hydrogens (tertiary/aromatic N) is 1. The van der Waals surface area contributed by atoms with Crippen LogP contribution >= 0.6 is 23.2 Å². The van der Waals surface area contributed by atoms with Crippen molar-refractivity contribution in [1.82, 2.24) is 0 Å². The molecular weight excluding hydrogens is 342 g/mol. The zero-order chi connectivity index (χ0) is 15.6. The number of anilines is 1. The van der Waals surface area contributed by atoms with Gasteiger partial charge in [0.15, 0.2) is 0 Å². The standard InChI is InChI=1S/C13H8Cl2N2O4.Na/c14-7-1-4-12(18)9(5-7)13(19)16-11-3-2-8(17(20)21)6-10(11)15;/h1-6,18H,(H,16,19);. The summed E-state index contributed by atoms with van der Waals surface area (Å²) in [6.07, 6.45) is 0. The number of aromatic hydroxyl groups is 1. The molecule has 109 valence electrons. The number of carbonyl (C=O) groups is 1.